The summed E-state index contributed by atoms with van der Waals surface area (Å²) in [6.07, 6.45) is 6.86. The molecule has 1 unspecified atom stereocenters. The summed E-state index contributed by atoms with van der Waals surface area (Å²) in [5.41, 5.74) is 5.80. The van der Waals surface area contributed by atoms with Crippen LogP contribution in [0.15, 0.2) is 15.9 Å². The Morgan fingerprint density at radius 2 is 2.12 bits per heavy atom. The molecule has 1 atom stereocenters. The smallest absolute Gasteiger partial charge is 0.104 e. The lowest BCUT2D eigenvalue weighted by Gasteiger charge is -2.24. The van der Waals surface area contributed by atoms with Crippen molar-refractivity contribution in [3.63, 3.8) is 0 Å². The van der Waals surface area contributed by atoms with Crippen LogP contribution in [0, 0.1) is 5.92 Å². The maximum Gasteiger partial charge on any atom is 0.104 e. The minimum atomic E-state index is 0.0771. The summed E-state index contributed by atoms with van der Waals surface area (Å²) in [6, 6.07) is 4.17. The first-order valence-corrected chi connectivity index (χ1v) is 7.97. The SMILES string of the molecule is NCC(OCC1CCCCC1)c1ccc(Br)s1. The van der Waals surface area contributed by atoms with Gasteiger partial charge in [0.05, 0.1) is 10.4 Å². The fraction of sp³-hybridized carbons (Fsp3) is 0.692. The Balaban J connectivity index is 1.82. The normalized spacial score (nSPS) is 19.4. The van der Waals surface area contributed by atoms with E-state index in [2.05, 4.69) is 28.1 Å². The van der Waals surface area contributed by atoms with E-state index in [1.54, 1.807) is 11.3 Å². The van der Waals surface area contributed by atoms with Gasteiger partial charge in [-0.15, -0.1) is 11.3 Å². The molecule has 2 rings (SSSR count). The van der Waals surface area contributed by atoms with E-state index in [1.807, 2.05) is 0 Å². The average molecular weight is 318 g/mol. The third-order valence-electron chi connectivity index (χ3n) is 3.38. The minimum Gasteiger partial charge on any atom is -0.371 e. The molecule has 4 heteroatoms. The largest absolute Gasteiger partial charge is 0.371 e. The van der Waals surface area contributed by atoms with Gasteiger partial charge in [-0.05, 0) is 46.8 Å². The van der Waals surface area contributed by atoms with Gasteiger partial charge in [0.25, 0.3) is 0 Å². The molecule has 0 spiro atoms. The molecule has 1 aromatic rings. The second-order valence-corrected chi connectivity index (χ2v) is 7.20. The van der Waals surface area contributed by atoms with E-state index in [1.165, 1.54) is 37.0 Å². The summed E-state index contributed by atoms with van der Waals surface area (Å²) >= 11 is 5.20. The molecule has 0 saturated heterocycles. The third-order valence-corrected chi connectivity index (χ3v) is 5.10. The lowest BCUT2D eigenvalue weighted by atomic mass is 9.90. The van der Waals surface area contributed by atoms with Crippen molar-refractivity contribution in [3.8, 4) is 0 Å². The monoisotopic (exact) mass is 317 g/mol. The summed E-state index contributed by atoms with van der Waals surface area (Å²) in [5.74, 6) is 0.751. The first-order chi connectivity index (χ1) is 8.29. The van der Waals surface area contributed by atoms with E-state index < -0.39 is 0 Å². The molecule has 1 saturated carbocycles. The Morgan fingerprint density at radius 3 is 2.71 bits per heavy atom. The van der Waals surface area contributed by atoms with Crippen LogP contribution in [0.3, 0.4) is 0 Å². The van der Waals surface area contributed by atoms with E-state index in [0.29, 0.717) is 6.54 Å². The molecule has 0 radical (unpaired) electrons. The summed E-state index contributed by atoms with van der Waals surface area (Å²) < 4.78 is 7.14. The maximum atomic E-state index is 5.99. The number of hydrogen-bond donors (Lipinski definition) is 1. The van der Waals surface area contributed by atoms with Gasteiger partial charge in [0.15, 0.2) is 0 Å². The van der Waals surface area contributed by atoms with Crippen molar-refractivity contribution in [1.29, 1.82) is 0 Å². The molecule has 1 aliphatic rings. The van der Waals surface area contributed by atoms with Gasteiger partial charge in [-0.1, -0.05) is 19.3 Å². The Kier molecular flexibility index (Phi) is 5.48. The lowest BCUT2D eigenvalue weighted by Crippen LogP contribution is -2.20. The molecular weight excluding hydrogens is 298 g/mol. The minimum absolute atomic E-state index is 0.0771. The summed E-state index contributed by atoms with van der Waals surface area (Å²) in [4.78, 5) is 1.23. The van der Waals surface area contributed by atoms with E-state index >= 15 is 0 Å². The lowest BCUT2D eigenvalue weighted by molar-refractivity contribution is 0.0266. The van der Waals surface area contributed by atoms with Gasteiger partial charge in [-0.25, -0.2) is 0 Å². The second kappa shape index (κ2) is 6.88. The highest BCUT2D eigenvalue weighted by molar-refractivity contribution is 9.11. The van der Waals surface area contributed by atoms with Crippen LogP contribution in [0.5, 0.6) is 0 Å². The van der Waals surface area contributed by atoms with Crippen LogP contribution in [0.1, 0.15) is 43.1 Å². The van der Waals surface area contributed by atoms with Crippen molar-refractivity contribution in [2.75, 3.05) is 13.2 Å². The van der Waals surface area contributed by atoms with Crippen LogP contribution in [0.25, 0.3) is 0 Å². The molecule has 96 valence electrons. The van der Waals surface area contributed by atoms with Gasteiger partial charge in [-0.2, -0.15) is 0 Å². The number of rotatable bonds is 5. The molecule has 0 aliphatic heterocycles. The maximum absolute atomic E-state index is 5.99. The molecule has 0 amide bonds. The van der Waals surface area contributed by atoms with Crippen LogP contribution in [0.2, 0.25) is 0 Å². The summed E-state index contributed by atoms with van der Waals surface area (Å²) in [7, 11) is 0. The molecule has 2 nitrogen and oxygen atoms in total. The zero-order chi connectivity index (χ0) is 12.1. The highest BCUT2D eigenvalue weighted by Gasteiger charge is 2.17. The van der Waals surface area contributed by atoms with Gasteiger partial charge >= 0.3 is 0 Å². The van der Waals surface area contributed by atoms with Crippen LogP contribution < -0.4 is 5.73 Å². The highest BCUT2D eigenvalue weighted by atomic mass is 79.9. The molecular formula is C13H20BrNOS. The molecule has 1 aliphatic carbocycles. The Labute approximate surface area is 116 Å². The van der Waals surface area contributed by atoms with Crippen molar-refractivity contribution < 1.29 is 4.74 Å². The van der Waals surface area contributed by atoms with Crippen molar-refractivity contribution in [2.24, 2.45) is 11.7 Å². The van der Waals surface area contributed by atoms with Crippen LogP contribution in [0.4, 0.5) is 0 Å². The second-order valence-electron chi connectivity index (χ2n) is 4.70. The van der Waals surface area contributed by atoms with Crippen molar-refractivity contribution >= 4 is 27.3 Å². The predicted octanol–water partition coefficient (Wildman–Crippen LogP) is 4.11. The quantitative estimate of drug-likeness (QED) is 0.887. The zero-order valence-electron chi connectivity index (χ0n) is 10.0. The molecule has 17 heavy (non-hydrogen) atoms. The van der Waals surface area contributed by atoms with Crippen molar-refractivity contribution in [3.05, 3.63) is 20.8 Å². The van der Waals surface area contributed by atoms with E-state index in [4.69, 9.17) is 10.5 Å². The van der Waals surface area contributed by atoms with Gasteiger partial charge in [0.2, 0.25) is 0 Å². The Hall–Kier alpha value is 0.1000. The number of halogens is 1. The number of thiophene rings is 1. The molecule has 0 aromatic carbocycles. The van der Waals surface area contributed by atoms with E-state index in [0.717, 1.165) is 16.3 Å². The first-order valence-electron chi connectivity index (χ1n) is 6.36. The third kappa shape index (κ3) is 4.05. The summed E-state index contributed by atoms with van der Waals surface area (Å²) in [6.45, 7) is 1.44. The fourth-order valence-electron chi connectivity index (χ4n) is 2.37. The fourth-order valence-corrected chi connectivity index (χ4v) is 3.86. The van der Waals surface area contributed by atoms with Gasteiger partial charge < -0.3 is 10.5 Å². The Bertz CT molecular complexity index is 336. The highest BCUT2D eigenvalue weighted by Crippen LogP contribution is 2.30. The first kappa shape index (κ1) is 13.5. The van der Waals surface area contributed by atoms with Crippen LogP contribution in [-0.2, 0) is 4.74 Å². The Morgan fingerprint density at radius 1 is 1.35 bits per heavy atom. The zero-order valence-corrected chi connectivity index (χ0v) is 12.4. The van der Waals surface area contributed by atoms with Crippen molar-refractivity contribution in [2.45, 2.75) is 38.2 Å². The van der Waals surface area contributed by atoms with Gasteiger partial charge in [0.1, 0.15) is 6.10 Å². The molecule has 1 heterocycles. The number of nitrogens with two attached hydrogens (primary N) is 1. The standard InChI is InChI=1S/C13H20BrNOS/c14-13-7-6-12(17-13)11(8-15)16-9-10-4-2-1-3-5-10/h6-7,10-11H,1-5,8-9,15H2. The van der Waals surface area contributed by atoms with Crippen LogP contribution in [-0.4, -0.2) is 13.2 Å². The van der Waals surface area contributed by atoms with Gasteiger partial charge in [0, 0.05) is 11.4 Å². The van der Waals surface area contributed by atoms with E-state index in [-0.39, 0.29) is 6.10 Å². The number of ether oxygens (including phenoxy) is 1. The molecule has 1 aromatic heterocycles. The van der Waals surface area contributed by atoms with Gasteiger partial charge in [-0.3, -0.25) is 0 Å². The molecule has 1 fully saturated rings. The predicted molar refractivity (Wildman–Crippen MR) is 76.3 cm³/mol. The average Bonchev–Trinajstić information content (AvgIpc) is 2.78. The molecule has 2 N–H and O–H groups in total. The molecule has 0 bridgehead atoms. The van der Waals surface area contributed by atoms with E-state index in [9.17, 15) is 0 Å². The number of hydrogen-bond acceptors (Lipinski definition) is 3. The topological polar surface area (TPSA) is 35.2 Å². The van der Waals surface area contributed by atoms with Crippen molar-refractivity contribution in [1.82, 2.24) is 0 Å². The van der Waals surface area contributed by atoms with Crippen LogP contribution >= 0.6 is 27.3 Å². The summed E-state index contributed by atoms with van der Waals surface area (Å²) in [5, 5.41) is 0.